The number of hydrogen-bond donors (Lipinski definition) is 2. The summed E-state index contributed by atoms with van der Waals surface area (Å²) in [6.45, 7) is 2.86. The Kier molecular flexibility index (Phi) is 6.94. The van der Waals surface area contributed by atoms with Gasteiger partial charge in [0.2, 0.25) is 10.0 Å². The average molecular weight is 536 g/mol. The summed E-state index contributed by atoms with van der Waals surface area (Å²) in [6.07, 6.45) is 11.3. The number of nitrogens with one attached hydrogen (secondary N) is 2. The van der Waals surface area contributed by atoms with Gasteiger partial charge in [-0.05, 0) is 48.6 Å². The van der Waals surface area contributed by atoms with Crippen LogP contribution in [0.2, 0.25) is 0 Å². The van der Waals surface area contributed by atoms with E-state index < -0.39 is 10.0 Å². The summed E-state index contributed by atoms with van der Waals surface area (Å²) in [4.78, 5) is 22.7. The molecule has 4 heterocycles. The van der Waals surface area contributed by atoms with Crippen LogP contribution < -0.4 is 5.32 Å². The van der Waals surface area contributed by atoms with Crippen molar-refractivity contribution >= 4 is 32.7 Å². The lowest BCUT2D eigenvalue weighted by molar-refractivity contribution is 0.0730. The number of sulfonamides is 1. The van der Waals surface area contributed by atoms with E-state index >= 15 is 0 Å². The van der Waals surface area contributed by atoms with Crippen LogP contribution in [-0.2, 0) is 14.8 Å². The van der Waals surface area contributed by atoms with Gasteiger partial charge in [0.25, 0.3) is 0 Å². The molecule has 2 aromatic heterocycles. The van der Waals surface area contributed by atoms with Crippen LogP contribution in [0.4, 0.5) is 4.79 Å². The standard InChI is InChI=1S/C28H33N5O4S/c34-28(31-23-3-1-2-4-23)32-11-9-21(10-12-32)26-19-30-27-25(26)17-22(18-29-27)20-5-7-24(8-6-20)38(35,36)33-13-15-37-16-14-33/h5-9,17-19,23H,1-4,10-16H2,(H,29,30)(H,31,34). The molecule has 0 radical (unpaired) electrons. The monoisotopic (exact) mass is 535 g/mol. The minimum Gasteiger partial charge on any atom is -0.379 e. The predicted octanol–water partition coefficient (Wildman–Crippen LogP) is 3.99. The second-order valence-electron chi connectivity index (χ2n) is 10.2. The zero-order valence-corrected chi connectivity index (χ0v) is 22.2. The lowest BCUT2D eigenvalue weighted by atomic mass is 9.98. The first-order valence-corrected chi connectivity index (χ1v) is 14.8. The van der Waals surface area contributed by atoms with Crippen molar-refractivity contribution in [3.05, 3.63) is 54.4 Å². The van der Waals surface area contributed by atoms with Gasteiger partial charge < -0.3 is 19.9 Å². The highest BCUT2D eigenvalue weighted by Gasteiger charge is 2.26. The normalized spacial score (nSPS) is 19.6. The Balaban J connectivity index is 1.19. The van der Waals surface area contributed by atoms with Crippen molar-refractivity contribution in [2.24, 2.45) is 0 Å². The van der Waals surface area contributed by atoms with E-state index in [0.717, 1.165) is 47.0 Å². The topological polar surface area (TPSA) is 108 Å². The first-order chi connectivity index (χ1) is 18.5. The Morgan fingerprint density at radius 3 is 2.53 bits per heavy atom. The van der Waals surface area contributed by atoms with Crippen LogP contribution in [-0.4, -0.2) is 79.1 Å². The van der Waals surface area contributed by atoms with Crippen molar-refractivity contribution in [2.45, 2.75) is 43.0 Å². The fraction of sp³-hybridized carbons (Fsp3) is 0.429. The molecule has 2 N–H and O–H groups in total. The van der Waals surface area contributed by atoms with Gasteiger partial charge in [0, 0.05) is 61.1 Å². The number of fused-ring (bicyclic) bond motifs is 1. The molecule has 1 aliphatic carbocycles. The fourth-order valence-corrected chi connectivity index (χ4v) is 7.02. The van der Waals surface area contributed by atoms with Gasteiger partial charge in [-0.15, -0.1) is 0 Å². The molecule has 9 nitrogen and oxygen atoms in total. The van der Waals surface area contributed by atoms with E-state index in [9.17, 15) is 13.2 Å². The summed E-state index contributed by atoms with van der Waals surface area (Å²) in [6, 6.07) is 9.45. The number of benzene rings is 1. The summed E-state index contributed by atoms with van der Waals surface area (Å²) in [5.74, 6) is 0. The van der Waals surface area contributed by atoms with Crippen LogP contribution in [0.15, 0.2) is 53.7 Å². The number of hydrogen-bond acceptors (Lipinski definition) is 5. The fourth-order valence-electron chi connectivity index (χ4n) is 5.62. The molecule has 0 spiro atoms. The quantitative estimate of drug-likeness (QED) is 0.514. The maximum absolute atomic E-state index is 13.0. The molecule has 0 unspecified atom stereocenters. The summed E-state index contributed by atoms with van der Waals surface area (Å²) < 4.78 is 32.7. The average Bonchev–Trinajstić information content (AvgIpc) is 3.63. The molecule has 6 rings (SSSR count). The van der Waals surface area contributed by atoms with Crippen LogP contribution in [0.25, 0.3) is 27.7 Å². The lowest BCUT2D eigenvalue weighted by Crippen LogP contribution is -2.45. The Labute approximate surface area is 222 Å². The number of aromatic nitrogens is 2. The van der Waals surface area contributed by atoms with E-state index in [1.54, 1.807) is 18.3 Å². The number of nitrogens with zero attached hydrogens (tertiary/aromatic N) is 3. The molecule has 3 aliphatic rings. The molecular weight excluding hydrogens is 502 g/mol. The lowest BCUT2D eigenvalue weighted by Gasteiger charge is -2.28. The number of H-pyrrole nitrogens is 1. The van der Waals surface area contributed by atoms with E-state index in [1.807, 2.05) is 23.2 Å². The van der Waals surface area contributed by atoms with E-state index in [4.69, 9.17) is 4.74 Å². The summed E-state index contributed by atoms with van der Waals surface area (Å²) in [5.41, 5.74) is 4.92. The number of urea groups is 1. The summed E-state index contributed by atoms with van der Waals surface area (Å²) in [5, 5.41) is 4.20. The smallest absolute Gasteiger partial charge is 0.317 e. The molecule has 1 saturated heterocycles. The van der Waals surface area contributed by atoms with E-state index in [2.05, 4.69) is 27.4 Å². The number of pyridine rings is 1. The largest absolute Gasteiger partial charge is 0.379 e. The zero-order chi connectivity index (χ0) is 26.1. The first-order valence-electron chi connectivity index (χ1n) is 13.4. The number of carbonyl (C=O) groups excluding carboxylic acids is 1. The van der Waals surface area contributed by atoms with Crippen molar-refractivity contribution in [3.63, 3.8) is 0 Å². The van der Waals surface area contributed by atoms with Crippen molar-refractivity contribution in [2.75, 3.05) is 39.4 Å². The molecule has 2 fully saturated rings. The van der Waals surface area contributed by atoms with Gasteiger partial charge >= 0.3 is 6.03 Å². The van der Waals surface area contributed by atoms with Crippen molar-refractivity contribution in [1.29, 1.82) is 0 Å². The first kappa shape index (κ1) is 25.1. The molecular formula is C28H33N5O4S. The number of carbonyl (C=O) groups is 1. The second-order valence-corrected chi connectivity index (χ2v) is 12.2. The molecule has 1 saturated carbocycles. The third-order valence-corrected chi connectivity index (χ3v) is 9.76. The summed E-state index contributed by atoms with van der Waals surface area (Å²) in [7, 11) is -3.53. The van der Waals surface area contributed by atoms with Gasteiger partial charge in [0.15, 0.2) is 0 Å². The van der Waals surface area contributed by atoms with E-state index in [-0.39, 0.29) is 10.9 Å². The van der Waals surface area contributed by atoms with Gasteiger partial charge in [-0.1, -0.05) is 31.1 Å². The minimum atomic E-state index is -3.53. The van der Waals surface area contributed by atoms with Gasteiger partial charge in [-0.3, -0.25) is 0 Å². The molecule has 2 amide bonds. The molecule has 0 bridgehead atoms. The number of morpholine rings is 1. The third-order valence-electron chi connectivity index (χ3n) is 7.85. The maximum Gasteiger partial charge on any atom is 0.317 e. The second kappa shape index (κ2) is 10.5. The van der Waals surface area contributed by atoms with Gasteiger partial charge in [-0.2, -0.15) is 4.31 Å². The molecule has 38 heavy (non-hydrogen) atoms. The summed E-state index contributed by atoms with van der Waals surface area (Å²) >= 11 is 0. The minimum absolute atomic E-state index is 0.0363. The zero-order valence-electron chi connectivity index (χ0n) is 21.4. The van der Waals surface area contributed by atoms with Crippen LogP contribution in [0, 0.1) is 0 Å². The number of aromatic amines is 1. The number of rotatable bonds is 5. The molecule has 200 valence electrons. The van der Waals surface area contributed by atoms with Crippen LogP contribution in [0.1, 0.15) is 37.7 Å². The highest BCUT2D eigenvalue weighted by atomic mass is 32.2. The van der Waals surface area contributed by atoms with Crippen LogP contribution in [0.3, 0.4) is 0 Å². The van der Waals surface area contributed by atoms with Gasteiger partial charge in [0.1, 0.15) is 5.65 Å². The Hall–Kier alpha value is -3.21. The third kappa shape index (κ3) is 4.95. The van der Waals surface area contributed by atoms with Crippen molar-refractivity contribution in [1.82, 2.24) is 24.5 Å². The van der Waals surface area contributed by atoms with Crippen molar-refractivity contribution < 1.29 is 17.9 Å². The van der Waals surface area contributed by atoms with E-state index in [1.165, 1.54) is 22.7 Å². The SMILES string of the molecule is O=C(NC1CCCC1)N1CC=C(c2c[nH]c3ncc(-c4ccc(S(=O)(=O)N5CCOCC5)cc4)cc23)CC1. The Bertz CT molecular complexity index is 1450. The highest BCUT2D eigenvalue weighted by molar-refractivity contribution is 7.89. The molecule has 3 aromatic rings. The molecule has 1 aromatic carbocycles. The molecule has 10 heteroatoms. The molecule has 0 atom stereocenters. The van der Waals surface area contributed by atoms with Gasteiger partial charge in [-0.25, -0.2) is 18.2 Å². The van der Waals surface area contributed by atoms with Crippen LogP contribution >= 0.6 is 0 Å². The number of amides is 2. The van der Waals surface area contributed by atoms with Gasteiger partial charge in [0.05, 0.1) is 18.1 Å². The highest BCUT2D eigenvalue weighted by Crippen LogP contribution is 2.32. The molecule has 2 aliphatic heterocycles. The predicted molar refractivity (Wildman–Crippen MR) is 146 cm³/mol. The van der Waals surface area contributed by atoms with Crippen molar-refractivity contribution in [3.8, 4) is 11.1 Å². The maximum atomic E-state index is 13.0. The van der Waals surface area contributed by atoms with Crippen LogP contribution in [0.5, 0.6) is 0 Å². The number of ether oxygens (including phenoxy) is 1. The Morgan fingerprint density at radius 1 is 1.05 bits per heavy atom. The Morgan fingerprint density at radius 2 is 1.82 bits per heavy atom. The van der Waals surface area contributed by atoms with E-state index in [0.29, 0.717) is 45.4 Å².